The Morgan fingerprint density at radius 2 is 1.50 bits per heavy atom. The number of ether oxygens (including phenoxy) is 2. The number of methoxy groups -OCH3 is 2. The Hall–Kier alpha value is -3.53. The maximum atomic E-state index is 11.6. The van der Waals surface area contributed by atoms with Crippen LogP contribution in [0.3, 0.4) is 0 Å². The van der Waals surface area contributed by atoms with E-state index in [9.17, 15) is 4.79 Å². The topological polar surface area (TPSA) is 40.5 Å². The molecule has 0 spiro atoms. The molecule has 0 amide bonds. The van der Waals surface area contributed by atoms with Gasteiger partial charge in [-0.05, 0) is 59.7 Å². The molecule has 0 unspecified atom stereocenters. The first-order valence-corrected chi connectivity index (χ1v) is 9.08. The Balaban J connectivity index is 1.86. The molecule has 0 saturated heterocycles. The summed E-state index contributed by atoms with van der Waals surface area (Å²) in [4.78, 5) is 11.6. The molecule has 0 bridgehead atoms. The van der Waals surface area contributed by atoms with E-state index in [4.69, 9.17) is 9.47 Å². The van der Waals surface area contributed by atoms with Crippen LogP contribution < -0.4 is 9.47 Å². The van der Waals surface area contributed by atoms with Crippen LogP contribution in [0.15, 0.2) is 72.8 Å². The number of carbonyl (C=O) groups is 1. The number of hydrogen-bond acceptors (Lipinski definition) is 3. The smallest absolute Gasteiger partial charge is 0.150 e. The molecule has 28 heavy (non-hydrogen) atoms. The fraction of sp³-hybridized carbons (Fsp3) is 0.125. The van der Waals surface area contributed by atoms with E-state index >= 15 is 0 Å². The van der Waals surface area contributed by atoms with Gasteiger partial charge in [0.25, 0.3) is 0 Å². The van der Waals surface area contributed by atoms with Gasteiger partial charge >= 0.3 is 0 Å². The van der Waals surface area contributed by atoms with Crippen LogP contribution in [-0.4, -0.2) is 25.1 Å². The number of benzene rings is 3. The van der Waals surface area contributed by atoms with E-state index in [2.05, 4.69) is 28.8 Å². The number of aromatic nitrogens is 1. The highest BCUT2D eigenvalue weighted by atomic mass is 16.5. The monoisotopic (exact) mass is 371 g/mol. The lowest BCUT2D eigenvalue weighted by atomic mass is 10.1. The molecule has 0 fully saturated rings. The summed E-state index contributed by atoms with van der Waals surface area (Å²) in [5.74, 6) is 1.65. The van der Waals surface area contributed by atoms with Crippen LogP contribution >= 0.6 is 0 Å². The molecule has 4 nitrogen and oxygen atoms in total. The Labute approximate surface area is 163 Å². The molecule has 0 aliphatic carbocycles. The third-order valence-electron chi connectivity index (χ3n) is 4.99. The quantitative estimate of drug-likeness (QED) is 0.438. The molecule has 4 rings (SSSR count). The van der Waals surface area contributed by atoms with Gasteiger partial charge in [0.15, 0.2) is 6.29 Å². The van der Waals surface area contributed by atoms with Crippen LogP contribution in [-0.2, 0) is 6.54 Å². The lowest BCUT2D eigenvalue weighted by Gasteiger charge is -2.12. The minimum Gasteiger partial charge on any atom is -0.497 e. The molecule has 0 atom stereocenters. The minimum absolute atomic E-state index is 0.692. The van der Waals surface area contributed by atoms with Gasteiger partial charge in [-0.25, -0.2) is 0 Å². The Morgan fingerprint density at radius 1 is 0.857 bits per heavy atom. The first-order valence-electron chi connectivity index (χ1n) is 9.08. The minimum atomic E-state index is 0.692. The highest BCUT2D eigenvalue weighted by Gasteiger charge is 2.14. The molecule has 0 aliphatic rings. The lowest BCUT2D eigenvalue weighted by molar-refractivity contribution is 0.112. The van der Waals surface area contributed by atoms with Crippen molar-refractivity contribution in [2.75, 3.05) is 14.2 Å². The summed E-state index contributed by atoms with van der Waals surface area (Å²) in [7, 11) is 3.32. The molecule has 0 aliphatic heterocycles. The van der Waals surface area contributed by atoms with Gasteiger partial charge in [-0.15, -0.1) is 0 Å². The van der Waals surface area contributed by atoms with Crippen molar-refractivity contribution in [3.8, 4) is 22.8 Å². The summed E-state index contributed by atoms with van der Waals surface area (Å²) in [6.07, 6.45) is 0.915. The second kappa shape index (κ2) is 7.61. The van der Waals surface area contributed by atoms with Gasteiger partial charge in [-0.3, -0.25) is 4.79 Å². The maximum Gasteiger partial charge on any atom is 0.150 e. The van der Waals surface area contributed by atoms with Crippen LogP contribution in [0.5, 0.6) is 11.5 Å². The number of hydrogen-bond donors (Lipinski definition) is 0. The largest absolute Gasteiger partial charge is 0.497 e. The molecule has 0 saturated carbocycles. The molecule has 1 heterocycles. The van der Waals surface area contributed by atoms with E-state index in [0.29, 0.717) is 12.1 Å². The first-order chi connectivity index (χ1) is 13.7. The van der Waals surface area contributed by atoms with Crippen molar-refractivity contribution in [2.45, 2.75) is 6.54 Å². The SMILES string of the molecule is COc1ccc(Cn2c(-c3ccc(OC)cc3)cc3c(C=O)cccc32)cc1. The Bertz CT molecular complexity index is 1110. The van der Waals surface area contributed by atoms with Crippen molar-refractivity contribution in [1.29, 1.82) is 0 Å². The van der Waals surface area contributed by atoms with Crippen molar-refractivity contribution >= 4 is 17.2 Å². The number of nitrogens with zero attached hydrogens (tertiary/aromatic N) is 1. The third-order valence-corrected chi connectivity index (χ3v) is 4.99. The van der Waals surface area contributed by atoms with E-state index in [-0.39, 0.29) is 0 Å². The highest BCUT2D eigenvalue weighted by Crippen LogP contribution is 2.32. The fourth-order valence-electron chi connectivity index (χ4n) is 3.49. The number of rotatable bonds is 6. The van der Waals surface area contributed by atoms with Crippen molar-refractivity contribution in [3.05, 3.63) is 83.9 Å². The summed E-state index contributed by atoms with van der Waals surface area (Å²) in [6, 6.07) is 23.9. The molecule has 0 N–H and O–H groups in total. The number of fused-ring (bicyclic) bond motifs is 1. The summed E-state index contributed by atoms with van der Waals surface area (Å²) >= 11 is 0. The normalized spacial score (nSPS) is 10.8. The standard InChI is InChI=1S/C24H21NO3/c1-27-20-10-6-17(7-11-20)15-25-23-5-3-4-19(16-26)22(23)14-24(25)18-8-12-21(28-2)13-9-18/h3-14,16H,15H2,1-2H3. The van der Waals surface area contributed by atoms with Crippen LogP contribution in [0.25, 0.3) is 22.2 Å². The van der Waals surface area contributed by atoms with Gasteiger partial charge in [0.1, 0.15) is 11.5 Å². The second-order valence-electron chi connectivity index (χ2n) is 6.59. The molecule has 4 aromatic rings. The Morgan fingerprint density at radius 3 is 2.11 bits per heavy atom. The lowest BCUT2D eigenvalue weighted by Crippen LogP contribution is -2.02. The fourth-order valence-corrected chi connectivity index (χ4v) is 3.49. The van der Waals surface area contributed by atoms with E-state index in [1.165, 1.54) is 0 Å². The predicted octanol–water partition coefficient (Wildman–Crippen LogP) is 5.19. The second-order valence-corrected chi connectivity index (χ2v) is 6.59. The molecule has 4 heteroatoms. The van der Waals surface area contributed by atoms with Crippen LogP contribution in [0.2, 0.25) is 0 Å². The van der Waals surface area contributed by atoms with Gasteiger partial charge in [0, 0.05) is 28.7 Å². The number of carbonyl (C=O) groups excluding carboxylic acids is 1. The van der Waals surface area contributed by atoms with Gasteiger partial charge in [0.2, 0.25) is 0 Å². The molecular formula is C24H21NO3. The van der Waals surface area contributed by atoms with Crippen molar-refractivity contribution in [1.82, 2.24) is 4.57 Å². The van der Waals surface area contributed by atoms with Gasteiger partial charge in [0.05, 0.1) is 14.2 Å². The van der Waals surface area contributed by atoms with Gasteiger partial charge in [-0.2, -0.15) is 0 Å². The summed E-state index contributed by atoms with van der Waals surface area (Å²) in [5, 5.41) is 0.955. The van der Waals surface area contributed by atoms with Crippen molar-refractivity contribution in [3.63, 3.8) is 0 Å². The zero-order chi connectivity index (χ0) is 19.5. The van der Waals surface area contributed by atoms with Crippen LogP contribution in [0.4, 0.5) is 0 Å². The first kappa shape index (κ1) is 17.9. The summed E-state index contributed by atoms with van der Waals surface area (Å²) in [5.41, 5.74) is 5.02. The van der Waals surface area contributed by atoms with E-state index < -0.39 is 0 Å². The predicted molar refractivity (Wildman–Crippen MR) is 111 cm³/mol. The average molecular weight is 371 g/mol. The third kappa shape index (κ3) is 3.25. The molecular weight excluding hydrogens is 350 g/mol. The maximum absolute atomic E-state index is 11.6. The van der Waals surface area contributed by atoms with Crippen LogP contribution in [0.1, 0.15) is 15.9 Å². The van der Waals surface area contributed by atoms with E-state index in [0.717, 1.165) is 45.5 Å². The summed E-state index contributed by atoms with van der Waals surface area (Å²) in [6.45, 7) is 0.692. The van der Waals surface area contributed by atoms with Gasteiger partial charge in [-0.1, -0.05) is 24.3 Å². The molecule has 140 valence electrons. The highest BCUT2D eigenvalue weighted by molar-refractivity contribution is 5.99. The van der Waals surface area contributed by atoms with E-state index in [1.54, 1.807) is 14.2 Å². The molecule has 1 aromatic heterocycles. The van der Waals surface area contributed by atoms with Crippen molar-refractivity contribution in [2.24, 2.45) is 0 Å². The average Bonchev–Trinajstić information content (AvgIpc) is 3.13. The van der Waals surface area contributed by atoms with Crippen molar-refractivity contribution < 1.29 is 14.3 Å². The zero-order valence-corrected chi connectivity index (χ0v) is 15.9. The molecule has 0 radical (unpaired) electrons. The number of aldehydes is 1. The van der Waals surface area contributed by atoms with E-state index in [1.807, 2.05) is 48.5 Å². The summed E-state index contributed by atoms with van der Waals surface area (Å²) < 4.78 is 12.8. The van der Waals surface area contributed by atoms with Gasteiger partial charge < -0.3 is 14.0 Å². The van der Waals surface area contributed by atoms with Crippen LogP contribution in [0, 0.1) is 0 Å². The zero-order valence-electron chi connectivity index (χ0n) is 15.9. The molecule has 3 aromatic carbocycles. The Kier molecular flexibility index (Phi) is 4.85.